The Kier molecular flexibility index (Phi) is 3.25. The van der Waals surface area contributed by atoms with Gasteiger partial charge in [0.2, 0.25) is 0 Å². The Hall–Kier alpha value is -0.520. The number of hydrogen-bond donors (Lipinski definition) is 0. The molecule has 0 heterocycles. The van der Waals surface area contributed by atoms with Crippen LogP contribution in [-0.4, -0.2) is 0 Å². The summed E-state index contributed by atoms with van der Waals surface area (Å²) in [6.45, 7) is 10.0. The third-order valence-corrected chi connectivity index (χ3v) is 0.918. The summed E-state index contributed by atoms with van der Waals surface area (Å²) in [5, 5.41) is 0. The summed E-state index contributed by atoms with van der Waals surface area (Å²) in [5.41, 5.74) is 1.26. The molecule has 0 spiro atoms. The van der Waals surface area contributed by atoms with Crippen molar-refractivity contribution in [3.8, 4) is 0 Å². The van der Waals surface area contributed by atoms with Gasteiger partial charge >= 0.3 is 0 Å². The lowest BCUT2D eigenvalue weighted by Gasteiger charge is -1.94. The van der Waals surface area contributed by atoms with E-state index >= 15 is 0 Å². The first kappa shape index (κ1) is 7.48. The summed E-state index contributed by atoms with van der Waals surface area (Å²) < 4.78 is 0. The van der Waals surface area contributed by atoms with E-state index in [2.05, 4.69) is 33.4 Å². The Morgan fingerprint density at radius 2 is 2.00 bits per heavy atom. The highest BCUT2D eigenvalue weighted by atomic mass is 13.9. The van der Waals surface area contributed by atoms with Crippen LogP contribution in [0.3, 0.4) is 0 Å². The second-order valence-corrected chi connectivity index (χ2v) is 2.36. The predicted molar refractivity (Wildman–Crippen MR) is 38.8 cm³/mol. The Labute approximate surface area is 51.9 Å². The molecular formula is C8H14. The summed E-state index contributed by atoms with van der Waals surface area (Å²) >= 11 is 0. The quantitative estimate of drug-likeness (QED) is 0.479. The minimum absolute atomic E-state index is 0.646. The fourth-order valence-electron chi connectivity index (χ4n) is 0.594. The van der Waals surface area contributed by atoms with Gasteiger partial charge in [-0.15, -0.1) is 0 Å². The van der Waals surface area contributed by atoms with Crippen LogP contribution < -0.4 is 0 Å². The molecule has 0 saturated carbocycles. The highest BCUT2D eigenvalue weighted by molar-refractivity contribution is 5.13. The highest BCUT2D eigenvalue weighted by Crippen LogP contribution is 2.00. The van der Waals surface area contributed by atoms with Gasteiger partial charge in [-0.05, 0) is 12.8 Å². The monoisotopic (exact) mass is 110 g/mol. The lowest BCUT2D eigenvalue weighted by atomic mass is 10.1. The van der Waals surface area contributed by atoms with Crippen LogP contribution in [0.2, 0.25) is 0 Å². The maximum Gasteiger partial charge on any atom is -0.0285 e. The van der Waals surface area contributed by atoms with Gasteiger partial charge in [0, 0.05) is 0 Å². The van der Waals surface area contributed by atoms with E-state index in [-0.39, 0.29) is 0 Å². The van der Waals surface area contributed by atoms with E-state index in [1.54, 1.807) is 0 Å². The van der Waals surface area contributed by atoms with E-state index in [0.29, 0.717) is 5.92 Å². The molecule has 0 fully saturated rings. The van der Waals surface area contributed by atoms with Crippen LogP contribution >= 0.6 is 0 Å². The lowest BCUT2D eigenvalue weighted by Crippen LogP contribution is -1.78. The minimum atomic E-state index is 0.646. The fraction of sp³-hybridized carbons (Fsp3) is 0.500. The molecule has 0 N–H and O–H groups in total. The molecule has 0 bridgehead atoms. The molecule has 46 valence electrons. The van der Waals surface area contributed by atoms with E-state index in [4.69, 9.17) is 0 Å². The molecule has 0 aliphatic heterocycles. The van der Waals surface area contributed by atoms with Crippen molar-refractivity contribution in [3.63, 3.8) is 0 Å². The van der Waals surface area contributed by atoms with Crippen LogP contribution in [0.15, 0.2) is 24.3 Å². The molecular weight excluding hydrogens is 96.1 g/mol. The molecule has 0 nitrogen and oxygen atoms in total. The van der Waals surface area contributed by atoms with Crippen molar-refractivity contribution in [2.75, 3.05) is 0 Å². The van der Waals surface area contributed by atoms with Crippen LogP contribution in [-0.2, 0) is 0 Å². The lowest BCUT2D eigenvalue weighted by molar-refractivity contribution is 0.825. The van der Waals surface area contributed by atoms with E-state index < -0.39 is 0 Å². The summed E-state index contributed by atoms with van der Waals surface area (Å²) in [7, 11) is 0. The van der Waals surface area contributed by atoms with Gasteiger partial charge in [-0.25, -0.2) is 0 Å². The molecule has 0 rings (SSSR count). The van der Waals surface area contributed by atoms with Crippen molar-refractivity contribution in [2.45, 2.75) is 20.8 Å². The maximum absolute atomic E-state index is 3.65. The maximum atomic E-state index is 3.65. The smallest absolute Gasteiger partial charge is 0.0285 e. The number of rotatable bonds is 2. The largest absolute Gasteiger partial charge is 0.0988 e. The topological polar surface area (TPSA) is 0 Å². The molecule has 0 aromatic carbocycles. The van der Waals surface area contributed by atoms with Gasteiger partial charge in [0.05, 0.1) is 0 Å². The highest BCUT2D eigenvalue weighted by Gasteiger charge is 1.84. The first-order valence-electron chi connectivity index (χ1n) is 2.97. The summed E-state index contributed by atoms with van der Waals surface area (Å²) in [6, 6.07) is 0. The van der Waals surface area contributed by atoms with Crippen molar-refractivity contribution in [1.29, 1.82) is 0 Å². The van der Waals surface area contributed by atoms with Crippen LogP contribution in [0.4, 0.5) is 0 Å². The van der Waals surface area contributed by atoms with Crippen LogP contribution in [0, 0.1) is 5.92 Å². The van der Waals surface area contributed by atoms with Gasteiger partial charge in [-0.2, -0.15) is 0 Å². The van der Waals surface area contributed by atoms with Gasteiger partial charge in [0.25, 0.3) is 0 Å². The number of allylic oxidation sites excluding steroid dienone is 3. The summed E-state index contributed by atoms with van der Waals surface area (Å²) in [4.78, 5) is 0. The van der Waals surface area contributed by atoms with Gasteiger partial charge in [-0.3, -0.25) is 0 Å². The Morgan fingerprint density at radius 1 is 1.50 bits per heavy atom. The molecule has 0 aromatic rings. The number of hydrogen-bond acceptors (Lipinski definition) is 0. The average molecular weight is 110 g/mol. The summed E-state index contributed by atoms with van der Waals surface area (Å²) in [5.74, 6) is 0.646. The van der Waals surface area contributed by atoms with Crippen LogP contribution in [0.1, 0.15) is 20.8 Å². The van der Waals surface area contributed by atoms with Crippen LogP contribution in [0.25, 0.3) is 0 Å². The standard InChI is InChI=1S/C8H14/c1-5-8(4)6-7(2)3/h5-7H,1H2,2-4H3/b8-6-. The third kappa shape index (κ3) is 3.66. The van der Waals surface area contributed by atoms with E-state index in [1.165, 1.54) is 5.57 Å². The van der Waals surface area contributed by atoms with Crippen LogP contribution in [0.5, 0.6) is 0 Å². The first-order chi connectivity index (χ1) is 3.66. The van der Waals surface area contributed by atoms with Gasteiger partial charge in [0.1, 0.15) is 0 Å². The molecule has 0 amide bonds. The molecule has 8 heavy (non-hydrogen) atoms. The van der Waals surface area contributed by atoms with Crippen molar-refractivity contribution < 1.29 is 0 Å². The van der Waals surface area contributed by atoms with E-state index in [0.717, 1.165) is 0 Å². The second kappa shape index (κ2) is 3.48. The summed E-state index contributed by atoms with van der Waals surface area (Å²) in [6.07, 6.45) is 4.06. The SMILES string of the molecule is C=C/C(C)=C\C(C)C. The molecule has 0 aliphatic carbocycles. The Bertz CT molecular complexity index is 96.6. The average Bonchev–Trinajstić information content (AvgIpc) is 1.65. The molecule has 0 aromatic heterocycles. The Morgan fingerprint density at radius 3 is 2.12 bits per heavy atom. The molecule has 0 radical (unpaired) electrons. The van der Waals surface area contributed by atoms with Crippen molar-refractivity contribution in [3.05, 3.63) is 24.3 Å². The Balaban J connectivity index is 3.74. The first-order valence-corrected chi connectivity index (χ1v) is 2.97. The van der Waals surface area contributed by atoms with Gasteiger partial charge < -0.3 is 0 Å². The third-order valence-electron chi connectivity index (χ3n) is 0.918. The molecule has 0 unspecified atom stereocenters. The minimum Gasteiger partial charge on any atom is -0.0988 e. The van der Waals surface area contributed by atoms with E-state index in [1.807, 2.05) is 6.08 Å². The zero-order valence-electron chi connectivity index (χ0n) is 5.94. The molecule has 0 saturated heterocycles. The molecule has 0 aliphatic rings. The fourth-order valence-corrected chi connectivity index (χ4v) is 0.594. The van der Waals surface area contributed by atoms with Crippen molar-refractivity contribution >= 4 is 0 Å². The van der Waals surface area contributed by atoms with E-state index in [9.17, 15) is 0 Å². The molecule has 0 atom stereocenters. The molecule has 0 heteroatoms. The van der Waals surface area contributed by atoms with Crippen molar-refractivity contribution in [2.24, 2.45) is 5.92 Å². The van der Waals surface area contributed by atoms with Gasteiger partial charge in [0.15, 0.2) is 0 Å². The second-order valence-electron chi connectivity index (χ2n) is 2.36. The van der Waals surface area contributed by atoms with Crippen molar-refractivity contribution in [1.82, 2.24) is 0 Å². The normalized spacial score (nSPS) is 12.2. The van der Waals surface area contributed by atoms with Gasteiger partial charge in [-0.1, -0.05) is 38.2 Å². The zero-order chi connectivity index (χ0) is 6.57. The predicted octanol–water partition coefficient (Wildman–Crippen LogP) is 2.77. The zero-order valence-corrected chi connectivity index (χ0v) is 5.94.